The lowest BCUT2D eigenvalue weighted by molar-refractivity contribution is -0.133. The number of hydrogen-bond acceptors (Lipinski definition) is 4. The Morgan fingerprint density at radius 2 is 1.62 bits per heavy atom. The molecule has 1 amide bonds. The van der Waals surface area contributed by atoms with Crippen LogP contribution in [0.3, 0.4) is 0 Å². The molecule has 0 bridgehead atoms. The van der Waals surface area contributed by atoms with Gasteiger partial charge in [-0.05, 0) is 36.1 Å². The fourth-order valence-electron chi connectivity index (χ4n) is 3.02. The van der Waals surface area contributed by atoms with E-state index in [9.17, 15) is 9.90 Å². The maximum absolute atomic E-state index is 12.0. The lowest BCUT2D eigenvalue weighted by Gasteiger charge is -2.27. The minimum atomic E-state index is -1.83. The molecule has 5 heteroatoms. The SMILES string of the molecule is NC(=O)C(O)(c1ccccc1)c1ccc(NC2CCOCC2)cc1. The fourth-order valence-corrected chi connectivity index (χ4v) is 3.02. The molecule has 1 aliphatic rings. The van der Waals surface area contributed by atoms with E-state index in [1.165, 1.54) is 0 Å². The van der Waals surface area contributed by atoms with Crippen molar-refractivity contribution in [3.05, 3.63) is 65.7 Å². The smallest absolute Gasteiger partial charge is 0.258 e. The first-order chi connectivity index (χ1) is 11.6. The first kappa shape index (κ1) is 16.5. The van der Waals surface area contributed by atoms with Gasteiger partial charge in [-0.25, -0.2) is 0 Å². The Balaban J connectivity index is 1.83. The van der Waals surface area contributed by atoms with Crippen molar-refractivity contribution < 1.29 is 14.6 Å². The van der Waals surface area contributed by atoms with Gasteiger partial charge < -0.3 is 20.9 Å². The van der Waals surface area contributed by atoms with E-state index in [1.54, 1.807) is 36.4 Å². The Bertz CT molecular complexity index is 682. The highest BCUT2D eigenvalue weighted by Gasteiger charge is 2.37. The van der Waals surface area contributed by atoms with Crippen LogP contribution >= 0.6 is 0 Å². The summed E-state index contributed by atoms with van der Waals surface area (Å²) in [7, 11) is 0. The molecule has 0 spiro atoms. The third-order valence-electron chi connectivity index (χ3n) is 4.44. The summed E-state index contributed by atoms with van der Waals surface area (Å²) in [5, 5.41) is 14.4. The van der Waals surface area contributed by atoms with Gasteiger partial charge in [0.15, 0.2) is 5.60 Å². The maximum atomic E-state index is 12.0. The molecule has 5 nitrogen and oxygen atoms in total. The van der Waals surface area contributed by atoms with Crippen molar-refractivity contribution in [1.29, 1.82) is 0 Å². The highest BCUT2D eigenvalue weighted by Crippen LogP contribution is 2.30. The molecule has 126 valence electrons. The van der Waals surface area contributed by atoms with Gasteiger partial charge >= 0.3 is 0 Å². The minimum Gasteiger partial charge on any atom is -0.382 e. The number of ether oxygens (including phenoxy) is 1. The van der Waals surface area contributed by atoms with Gasteiger partial charge in [-0.3, -0.25) is 4.79 Å². The zero-order chi connectivity index (χ0) is 17.0. The summed E-state index contributed by atoms with van der Waals surface area (Å²) < 4.78 is 5.35. The Hall–Kier alpha value is -2.37. The molecular formula is C19H22N2O3. The van der Waals surface area contributed by atoms with Gasteiger partial charge in [-0.1, -0.05) is 42.5 Å². The normalized spacial score (nSPS) is 17.9. The van der Waals surface area contributed by atoms with E-state index in [1.807, 2.05) is 18.2 Å². The topological polar surface area (TPSA) is 84.6 Å². The summed E-state index contributed by atoms with van der Waals surface area (Å²) in [4.78, 5) is 12.0. The maximum Gasteiger partial charge on any atom is 0.258 e. The van der Waals surface area contributed by atoms with Crippen LogP contribution in [-0.2, 0) is 15.1 Å². The third-order valence-corrected chi connectivity index (χ3v) is 4.44. The van der Waals surface area contributed by atoms with Crippen LogP contribution in [0.15, 0.2) is 54.6 Å². The third kappa shape index (κ3) is 3.27. The van der Waals surface area contributed by atoms with Crippen LogP contribution in [0.2, 0.25) is 0 Å². The number of amides is 1. The Labute approximate surface area is 141 Å². The van der Waals surface area contributed by atoms with Crippen LogP contribution in [0.5, 0.6) is 0 Å². The molecule has 0 radical (unpaired) electrons. The van der Waals surface area contributed by atoms with E-state index >= 15 is 0 Å². The molecule has 2 aromatic carbocycles. The number of benzene rings is 2. The van der Waals surface area contributed by atoms with Gasteiger partial charge in [-0.2, -0.15) is 0 Å². The van der Waals surface area contributed by atoms with Crippen molar-refractivity contribution in [3.63, 3.8) is 0 Å². The van der Waals surface area contributed by atoms with E-state index in [0.29, 0.717) is 17.2 Å². The van der Waals surface area contributed by atoms with Crippen LogP contribution in [-0.4, -0.2) is 30.3 Å². The van der Waals surface area contributed by atoms with Crippen molar-refractivity contribution in [2.75, 3.05) is 18.5 Å². The monoisotopic (exact) mass is 326 g/mol. The number of carbonyl (C=O) groups excluding carboxylic acids is 1. The fraction of sp³-hybridized carbons (Fsp3) is 0.316. The summed E-state index contributed by atoms with van der Waals surface area (Å²) >= 11 is 0. The summed E-state index contributed by atoms with van der Waals surface area (Å²) in [5.41, 5.74) is 5.54. The summed E-state index contributed by atoms with van der Waals surface area (Å²) in [5.74, 6) is -0.793. The Morgan fingerprint density at radius 3 is 2.21 bits per heavy atom. The van der Waals surface area contributed by atoms with Crippen molar-refractivity contribution in [2.24, 2.45) is 5.73 Å². The van der Waals surface area contributed by atoms with E-state index in [4.69, 9.17) is 10.5 Å². The number of hydrogen-bond donors (Lipinski definition) is 3. The average molecular weight is 326 g/mol. The quantitative estimate of drug-likeness (QED) is 0.784. The zero-order valence-electron chi connectivity index (χ0n) is 13.4. The largest absolute Gasteiger partial charge is 0.382 e. The predicted octanol–water partition coefficient (Wildman–Crippen LogP) is 2.00. The number of nitrogens with one attached hydrogen (secondary N) is 1. The lowest BCUT2D eigenvalue weighted by Crippen LogP contribution is -2.42. The molecule has 1 unspecified atom stereocenters. The van der Waals surface area contributed by atoms with Crippen molar-refractivity contribution >= 4 is 11.6 Å². The second-order valence-electron chi connectivity index (χ2n) is 6.05. The minimum absolute atomic E-state index is 0.383. The molecule has 2 aromatic rings. The average Bonchev–Trinajstić information content (AvgIpc) is 2.63. The highest BCUT2D eigenvalue weighted by atomic mass is 16.5. The van der Waals surface area contributed by atoms with Crippen molar-refractivity contribution in [3.8, 4) is 0 Å². The van der Waals surface area contributed by atoms with Crippen LogP contribution in [0.1, 0.15) is 24.0 Å². The van der Waals surface area contributed by atoms with Crippen molar-refractivity contribution in [1.82, 2.24) is 0 Å². The molecule has 1 saturated heterocycles. The standard InChI is InChI=1S/C19H22N2O3/c20-18(22)19(23,14-4-2-1-3-5-14)15-6-8-16(9-7-15)21-17-10-12-24-13-11-17/h1-9,17,21,23H,10-13H2,(H2,20,22). The van der Waals surface area contributed by atoms with Gasteiger partial charge in [0, 0.05) is 24.9 Å². The van der Waals surface area contributed by atoms with Crippen LogP contribution in [0.25, 0.3) is 0 Å². The van der Waals surface area contributed by atoms with E-state index in [0.717, 1.165) is 31.7 Å². The molecule has 0 aromatic heterocycles. The summed E-state index contributed by atoms with van der Waals surface area (Å²) in [6, 6.07) is 16.3. The zero-order valence-corrected chi connectivity index (χ0v) is 13.4. The van der Waals surface area contributed by atoms with E-state index in [2.05, 4.69) is 5.32 Å². The van der Waals surface area contributed by atoms with Gasteiger partial charge in [-0.15, -0.1) is 0 Å². The number of carbonyl (C=O) groups is 1. The number of primary amides is 1. The summed E-state index contributed by atoms with van der Waals surface area (Å²) in [6.45, 7) is 1.54. The second-order valence-corrected chi connectivity index (χ2v) is 6.05. The van der Waals surface area contributed by atoms with Crippen molar-refractivity contribution in [2.45, 2.75) is 24.5 Å². The lowest BCUT2D eigenvalue weighted by atomic mass is 9.85. The van der Waals surface area contributed by atoms with Gasteiger partial charge in [0.1, 0.15) is 0 Å². The molecule has 1 heterocycles. The first-order valence-corrected chi connectivity index (χ1v) is 8.13. The Morgan fingerprint density at radius 1 is 1.04 bits per heavy atom. The molecule has 0 aliphatic carbocycles. The predicted molar refractivity (Wildman–Crippen MR) is 92.5 cm³/mol. The number of nitrogens with two attached hydrogens (primary N) is 1. The molecule has 1 aliphatic heterocycles. The van der Waals surface area contributed by atoms with Gasteiger partial charge in [0.05, 0.1) is 0 Å². The molecule has 24 heavy (non-hydrogen) atoms. The highest BCUT2D eigenvalue weighted by molar-refractivity contribution is 5.88. The molecule has 4 N–H and O–H groups in total. The number of anilines is 1. The molecule has 0 saturated carbocycles. The number of aliphatic hydroxyl groups is 1. The molecule has 3 rings (SSSR count). The Kier molecular flexibility index (Phi) is 4.83. The van der Waals surface area contributed by atoms with Crippen LogP contribution in [0, 0.1) is 0 Å². The first-order valence-electron chi connectivity index (χ1n) is 8.13. The molecule has 1 fully saturated rings. The van der Waals surface area contributed by atoms with Gasteiger partial charge in [0.25, 0.3) is 5.91 Å². The molecule has 1 atom stereocenters. The van der Waals surface area contributed by atoms with Gasteiger partial charge in [0.2, 0.25) is 0 Å². The van der Waals surface area contributed by atoms with E-state index in [-0.39, 0.29) is 0 Å². The number of rotatable bonds is 5. The van der Waals surface area contributed by atoms with Crippen LogP contribution in [0.4, 0.5) is 5.69 Å². The molecular weight excluding hydrogens is 304 g/mol. The van der Waals surface area contributed by atoms with Crippen LogP contribution < -0.4 is 11.1 Å². The van der Waals surface area contributed by atoms with E-state index < -0.39 is 11.5 Å². The second kappa shape index (κ2) is 7.03. The summed E-state index contributed by atoms with van der Waals surface area (Å²) in [6.07, 6.45) is 1.94.